The molecule has 1 fully saturated rings. The summed E-state index contributed by atoms with van der Waals surface area (Å²) in [4.78, 5) is 68.8. The topological polar surface area (TPSA) is 221 Å². The molecule has 3 N–H and O–H groups in total. The van der Waals surface area contributed by atoms with Crippen molar-refractivity contribution in [1.82, 2.24) is 38.2 Å². The number of halogens is 2. The Hall–Kier alpha value is -7.94. The van der Waals surface area contributed by atoms with Crippen LogP contribution < -0.4 is 42.9 Å². The lowest BCUT2D eigenvalue weighted by Crippen LogP contribution is -2.43. The van der Waals surface area contributed by atoms with Crippen LogP contribution in [0, 0.1) is 0 Å². The summed E-state index contributed by atoms with van der Waals surface area (Å²) in [7, 11) is 0. The highest BCUT2D eigenvalue weighted by atomic mass is 35.5. The third-order valence-electron chi connectivity index (χ3n) is 11.3. The first-order valence-corrected chi connectivity index (χ1v) is 24.5. The van der Waals surface area contributed by atoms with Crippen LogP contribution >= 0.6 is 23.2 Å². The van der Waals surface area contributed by atoms with E-state index >= 15 is 0 Å². The van der Waals surface area contributed by atoms with Gasteiger partial charge in [0.15, 0.2) is 6.29 Å². The summed E-state index contributed by atoms with van der Waals surface area (Å²) in [5.74, 6) is 2.34. The van der Waals surface area contributed by atoms with Gasteiger partial charge in [0.05, 0.1) is 19.7 Å². The fourth-order valence-electron chi connectivity index (χ4n) is 7.50. The normalized spacial score (nSPS) is 13.1. The van der Waals surface area contributed by atoms with Crippen LogP contribution in [0.4, 0.5) is 23.3 Å². The third-order valence-corrected chi connectivity index (χ3v) is 11.8. The van der Waals surface area contributed by atoms with E-state index in [1.807, 2.05) is 30.3 Å². The van der Waals surface area contributed by atoms with Crippen molar-refractivity contribution in [2.45, 2.75) is 64.6 Å². The van der Waals surface area contributed by atoms with Crippen LogP contribution in [0.5, 0.6) is 23.3 Å². The molecule has 19 nitrogen and oxygen atoms in total. The molecule has 382 valence electrons. The van der Waals surface area contributed by atoms with E-state index in [4.69, 9.17) is 47.3 Å². The zero-order chi connectivity index (χ0) is 51.7. The number of pyridine rings is 2. The molecule has 0 radical (unpaired) electrons. The lowest BCUT2D eigenvalue weighted by Gasteiger charge is -2.22. The van der Waals surface area contributed by atoms with Crippen molar-refractivity contribution in [2.75, 3.05) is 30.5 Å². The number of hydrogen-bond acceptors (Lipinski definition) is 15. The summed E-state index contributed by atoms with van der Waals surface area (Å²) in [6.45, 7) is 1.54. The van der Waals surface area contributed by atoms with E-state index in [2.05, 4.69) is 30.6 Å². The SMILES string of the molecule is O=c1nc(Nc2ccc(Oc3ccccn3)cc2)n(Cc2ccc(Cl)cc2)c(=O)n1CCCO.O=c1nc(Nc2ccc(Oc3ccccn3)cc2)n(Cc2ccc(Cl)cc2)c(=O)n1CCCOC1CCCCO1. The van der Waals surface area contributed by atoms with Gasteiger partial charge in [0.2, 0.25) is 23.7 Å². The number of benzene rings is 4. The summed E-state index contributed by atoms with van der Waals surface area (Å²) in [6.07, 6.45) is 6.76. The van der Waals surface area contributed by atoms with Crippen molar-refractivity contribution in [3.05, 3.63) is 209 Å². The monoisotopic (exact) mass is 1040 g/mol. The molecule has 8 aromatic rings. The van der Waals surface area contributed by atoms with Crippen LogP contribution in [0.25, 0.3) is 0 Å². The molecule has 0 bridgehead atoms. The largest absolute Gasteiger partial charge is 0.439 e. The molecule has 1 atom stereocenters. The molecular formula is C53H52Cl2N10O9. The lowest BCUT2D eigenvalue weighted by molar-refractivity contribution is -0.163. The molecule has 0 saturated carbocycles. The van der Waals surface area contributed by atoms with Crippen LogP contribution in [0.15, 0.2) is 165 Å². The average molecular weight is 1040 g/mol. The highest BCUT2D eigenvalue weighted by Gasteiger charge is 2.18. The van der Waals surface area contributed by atoms with Crippen LogP contribution in [-0.4, -0.2) is 69.4 Å². The lowest BCUT2D eigenvalue weighted by atomic mass is 10.2. The molecule has 9 rings (SSSR count). The molecule has 0 aliphatic carbocycles. The Morgan fingerprint density at radius 1 is 0.581 bits per heavy atom. The maximum atomic E-state index is 13.6. The smallest absolute Gasteiger partial charge is 0.354 e. The minimum Gasteiger partial charge on any atom is -0.439 e. The van der Waals surface area contributed by atoms with Crippen molar-refractivity contribution < 1.29 is 24.1 Å². The van der Waals surface area contributed by atoms with E-state index in [9.17, 15) is 19.2 Å². The minimum absolute atomic E-state index is 0.0711. The van der Waals surface area contributed by atoms with E-state index in [-0.39, 0.29) is 57.4 Å². The van der Waals surface area contributed by atoms with E-state index in [0.29, 0.717) is 64.3 Å². The van der Waals surface area contributed by atoms with Crippen molar-refractivity contribution >= 4 is 46.5 Å². The van der Waals surface area contributed by atoms with Crippen molar-refractivity contribution in [2.24, 2.45) is 0 Å². The summed E-state index contributed by atoms with van der Waals surface area (Å²) < 4.78 is 27.7. The molecule has 21 heteroatoms. The first kappa shape index (κ1) is 52.4. The number of rotatable bonds is 20. The number of aliphatic hydroxyl groups is 1. The average Bonchev–Trinajstić information content (AvgIpc) is 3.42. The second kappa shape index (κ2) is 26.1. The minimum atomic E-state index is -0.691. The summed E-state index contributed by atoms with van der Waals surface area (Å²) in [5.41, 5.74) is 0.553. The zero-order valence-electron chi connectivity index (χ0n) is 40.0. The Labute approximate surface area is 434 Å². The van der Waals surface area contributed by atoms with Crippen LogP contribution in [0.2, 0.25) is 10.0 Å². The highest BCUT2D eigenvalue weighted by molar-refractivity contribution is 6.30. The van der Waals surface area contributed by atoms with E-state index in [1.165, 1.54) is 9.13 Å². The van der Waals surface area contributed by atoms with Gasteiger partial charge in [-0.3, -0.25) is 9.13 Å². The Bertz CT molecular complexity index is 3300. The number of hydrogen-bond donors (Lipinski definition) is 3. The maximum Gasteiger partial charge on any atom is 0.354 e. The zero-order valence-corrected chi connectivity index (χ0v) is 41.5. The van der Waals surface area contributed by atoms with Gasteiger partial charge in [-0.25, -0.2) is 38.3 Å². The molecule has 4 aromatic carbocycles. The van der Waals surface area contributed by atoms with Gasteiger partial charge in [0, 0.05) is 72.2 Å². The number of ether oxygens (including phenoxy) is 4. The van der Waals surface area contributed by atoms with E-state index in [0.717, 1.165) is 39.5 Å². The molecule has 74 heavy (non-hydrogen) atoms. The van der Waals surface area contributed by atoms with Crippen LogP contribution in [0.1, 0.15) is 43.2 Å². The Morgan fingerprint density at radius 2 is 1.05 bits per heavy atom. The van der Waals surface area contributed by atoms with E-state index < -0.39 is 22.8 Å². The van der Waals surface area contributed by atoms with Gasteiger partial charge in [0.1, 0.15) is 11.5 Å². The fraction of sp³-hybridized carbons (Fsp3) is 0.245. The molecule has 1 unspecified atom stereocenters. The molecule has 1 aliphatic rings. The van der Waals surface area contributed by atoms with Gasteiger partial charge >= 0.3 is 22.8 Å². The van der Waals surface area contributed by atoms with E-state index in [1.54, 1.807) is 116 Å². The molecule has 1 saturated heterocycles. The number of nitrogens with one attached hydrogen (secondary N) is 2. The molecule has 0 amide bonds. The first-order chi connectivity index (χ1) is 36.1. The van der Waals surface area contributed by atoms with Crippen LogP contribution in [-0.2, 0) is 35.7 Å². The highest BCUT2D eigenvalue weighted by Crippen LogP contribution is 2.25. The van der Waals surface area contributed by atoms with Gasteiger partial charge in [-0.05, 0) is 128 Å². The summed E-state index contributed by atoms with van der Waals surface area (Å²) >= 11 is 12.0. The molecule has 0 spiro atoms. The summed E-state index contributed by atoms with van der Waals surface area (Å²) in [5, 5.41) is 16.5. The molecule has 4 aromatic heterocycles. The summed E-state index contributed by atoms with van der Waals surface area (Å²) in [6, 6.07) is 39.0. The predicted molar refractivity (Wildman–Crippen MR) is 281 cm³/mol. The number of anilines is 4. The van der Waals surface area contributed by atoms with Crippen LogP contribution in [0.3, 0.4) is 0 Å². The fourth-order valence-corrected chi connectivity index (χ4v) is 7.75. The maximum absolute atomic E-state index is 13.6. The molecular weight excluding hydrogens is 992 g/mol. The number of aliphatic hydroxyl groups excluding tert-OH is 1. The number of nitrogens with zero attached hydrogens (tertiary/aromatic N) is 8. The second-order valence-electron chi connectivity index (χ2n) is 16.7. The van der Waals surface area contributed by atoms with Crippen molar-refractivity contribution in [3.8, 4) is 23.3 Å². The Morgan fingerprint density at radius 3 is 1.47 bits per heavy atom. The van der Waals surface area contributed by atoms with Gasteiger partial charge in [-0.1, -0.05) is 59.6 Å². The predicted octanol–water partition coefficient (Wildman–Crippen LogP) is 8.39. The molecule has 5 heterocycles. The third kappa shape index (κ3) is 14.8. The van der Waals surface area contributed by atoms with Gasteiger partial charge in [-0.2, -0.15) is 9.97 Å². The number of aromatic nitrogens is 8. The Kier molecular flexibility index (Phi) is 18.5. The van der Waals surface area contributed by atoms with Gasteiger partial charge in [-0.15, -0.1) is 0 Å². The van der Waals surface area contributed by atoms with Gasteiger partial charge < -0.3 is 34.7 Å². The van der Waals surface area contributed by atoms with Gasteiger partial charge in [0.25, 0.3) is 0 Å². The van der Waals surface area contributed by atoms with Crippen molar-refractivity contribution in [3.63, 3.8) is 0 Å². The van der Waals surface area contributed by atoms with Crippen molar-refractivity contribution in [1.29, 1.82) is 0 Å². The second-order valence-corrected chi connectivity index (χ2v) is 17.5. The standard InChI is InChI=1S/C29H30ClN5O5.C24H22ClN5O4/c30-22-10-8-21(9-11-22)20-35-27(32-23-12-14-24(15-13-23)40-25-6-1-3-16-31-25)33-28(36)34(29(35)37)17-5-19-39-26-7-2-4-18-38-26;25-18-7-5-17(6-8-18)16-30-22(28-23(32)29(24(30)33)14-3-15-31)27-19-9-11-20(12-10-19)34-21-4-1-2-13-26-21/h1,3,6,8-16,26H,2,4-5,7,17-20H2,(H,32,33,36);1-2,4-13,31H,3,14-16H2,(H,27,28,32). The quantitative estimate of drug-likeness (QED) is 0.0610. The first-order valence-electron chi connectivity index (χ1n) is 23.8. The Balaban J connectivity index is 0.000000200. The molecule has 1 aliphatic heterocycles.